The van der Waals surface area contributed by atoms with Gasteiger partial charge in [-0.15, -0.1) is 0 Å². The molecule has 1 aromatic rings. The maximum absolute atomic E-state index is 13.1. The first-order valence-corrected chi connectivity index (χ1v) is 7.89. The molecule has 7 heteroatoms. The van der Waals surface area contributed by atoms with E-state index in [0.29, 0.717) is 18.7 Å². The van der Waals surface area contributed by atoms with E-state index in [-0.39, 0.29) is 5.56 Å². The number of alkyl halides is 3. The molecule has 0 unspecified atom stereocenters. The van der Waals surface area contributed by atoms with Crippen LogP contribution in [0.2, 0.25) is 0 Å². The highest BCUT2D eigenvalue weighted by Gasteiger charge is 2.34. The fraction of sp³-hybridized carbons (Fsp3) is 0.500. The normalized spacial score (nSPS) is 11.5. The molecule has 0 heterocycles. The van der Waals surface area contributed by atoms with Gasteiger partial charge in [0.25, 0.3) is 5.91 Å². The molecular formula is C14H17F4NOS. The van der Waals surface area contributed by atoms with Crippen molar-refractivity contribution >= 4 is 17.7 Å². The molecule has 118 valence electrons. The zero-order valence-corrected chi connectivity index (χ0v) is 12.4. The number of carbonyl (C=O) groups is 1. The van der Waals surface area contributed by atoms with Gasteiger partial charge in [-0.3, -0.25) is 4.79 Å². The van der Waals surface area contributed by atoms with Crippen molar-refractivity contribution in [1.82, 2.24) is 5.32 Å². The van der Waals surface area contributed by atoms with Gasteiger partial charge in [-0.2, -0.15) is 24.9 Å². The molecular weight excluding hydrogens is 306 g/mol. The summed E-state index contributed by atoms with van der Waals surface area (Å²) >= 11 is 1.74. The number of carbonyl (C=O) groups excluding carboxylic acids is 1. The van der Waals surface area contributed by atoms with Crippen molar-refractivity contribution in [2.45, 2.75) is 25.4 Å². The second-order valence-corrected chi connectivity index (χ2v) is 5.49. The summed E-state index contributed by atoms with van der Waals surface area (Å²) < 4.78 is 50.7. The number of rotatable bonds is 7. The highest BCUT2D eigenvalue weighted by molar-refractivity contribution is 7.98. The zero-order chi connectivity index (χ0) is 15.9. The number of thioether (sulfide) groups is 1. The number of hydrogen-bond donors (Lipinski definition) is 1. The van der Waals surface area contributed by atoms with Crippen LogP contribution in [0.25, 0.3) is 0 Å². The van der Waals surface area contributed by atoms with Crippen molar-refractivity contribution in [3.63, 3.8) is 0 Å². The summed E-state index contributed by atoms with van der Waals surface area (Å²) in [6.07, 6.45) is -0.0590. The number of hydrogen-bond acceptors (Lipinski definition) is 2. The van der Waals surface area contributed by atoms with E-state index in [1.165, 1.54) is 0 Å². The maximum atomic E-state index is 13.1. The van der Waals surface area contributed by atoms with E-state index in [4.69, 9.17) is 0 Å². The van der Waals surface area contributed by atoms with Crippen LogP contribution in [0.3, 0.4) is 0 Å². The summed E-state index contributed by atoms with van der Waals surface area (Å²) in [5.74, 6) is -0.956. The summed E-state index contributed by atoms with van der Waals surface area (Å²) in [6, 6.07) is 2.25. The average molecular weight is 323 g/mol. The maximum Gasteiger partial charge on any atom is 0.419 e. The predicted octanol–water partition coefficient (Wildman–Crippen LogP) is 4.11. The summed E-state index contributed by atoms with van der Waals surface area (Å²) in [7, 11) is 0. The van der Waals surface area contributed by atoms with Crippen LogP contribution in [0.5, 0.6) is 0 Å². The Hall–Kier alpha value is -1.24. The molecule has 0 aromatic heterocycles. The molecule has 21 heavy (non-hydrogen) atoms. The zero-order valence-electron chi connectivity index (χ0n) is 11.6. The van der Waals surface area contributed by atoms with Crippen LogP contribution < -0.4 is 5.32 Å². The minimum Gasteiger partial charge on any atom is -0.352 e. The standard InChI is InChI=1S/C14H17F4NOS/c1-21-8-4-2-3-7-19-13(20)10-5-6-12(15)11(9-10)14(16,17)18/h5-6,9H,2-4,7-8H2,1H3,(H,19,20). The summed E-state index contributed by atoms with van der Waals surface area (Å²) in [4.78, 5) is 11.7. The Bertz CT molecular complexity index is 477. The van der Waals surface area contributed by atoms with Gasteiger partial charge in [-0.05, 0) is 43.0 Å². The molecule has 0 spiro atoms. The molecule has 0 bridgehead atoms. The first-order valence-electron chi connectivity index (χ1n) is 6.50. The Morgan fingerprint density at radius 2 is 1.95 bits per heavy atom. The van der Waals surface area contributed by atoms with Gasteiger partial charge in [0, 0.05) is 12.1 Å². The van der Waals surface area contributed by atoms with Gasteiger partial charge in [0.1, 0.15) is 5.82 Å². The highest BCUT2D eigenvalue weighted by atomic mass is 32.2. The van der Waals surface area contributed by atoms with Crippen molar-refractivity contribution in [3.05, 3.63) is 35.1 Å². The van der Waals surface area contributed by atoms with Crippen molar-refractivity contribution in [1.29, 1.82) is 0 Å². The molecule has 1 N–H and O–H groups in total. The second-order valence-electron chi connectivity index (χ2n) is 4.50. The monoisotopic (exact) mass is 323 g/mol. The minimum atomic E-state index is -4.81. The van der Waals surface area contributed by atoms with Gasteiger partial charge in [-0.25, -0.2) is 4.39 Å². The summed E-state index contributed by atoms with van der Waals surface area (Å²) in [6.45, 7) is 0.395. The van der Waals surface area contributed by atoms with Crippen LogP contribution in [0.1, 0.15) is 35.2 Å². The van der Waals surface area contributed by atoms with Gasteiger partial charge >= 0.3 is 6.18 Å². The van der Waals surface area contributed by atoms with Crippen LogP contribution in [0.15, 0.2) is 18.2 Å². The molecule has 1 aromatic carbocycles. The van der Waals surface area contributed by atoms with Crippen molar-refractivity contribution < 1.29 is 22.4 Å². The van der Waals surface area contributed by atoms with E-state index in [9.17, 15) is 22.4 Å². The largest absolute Gasteiger partial charge is 0.419 e. The van der Waals surface area contributed by atoms with E-state index in [1.54, 1.807) is 11.8 Å². The smallest absolute Gasteiger partial charge is 0.352 e. The van der Waals surface area contributed by atoms with Crippen LogP contribution in [-0.2, 0) is 6.18 Å². The van der Waals surface area contributed by atoms with Gasteiger partial charge in [0.05, 0.1) is 5.56 Å². The van der Waals surface area contributed by atoms with Crippen LogP contribution >= 0.6 is 11.8 Å². The Kier molecular flexibility index (Phi) is 7.01. The molecule has 0 aliphatic carbocycles. The van der Waals surface area contributed by atoms with E-state index < -0.39 is 23.5 Å². The van der Waals surface area contributed by atoms with E-state index in [0.717, 1.165) is 31.1 Å². The Morgan fingerprint density at radius 1 is 1.24 bits per heavy atom. The third-order valence-corrected chi connectivity index (χ3v) is 3.54. The third-order valence-electron chi connectivity index (χ3n) is 2.84. The Labute approximate surface area is 125 Å². The fourth-order valence-electron chi connectivity index (χ4n) is 1.74. The van der Waals surface area contributed by atoms with E-state index in [2.05, 4.69) is 5.32 Å². The topological polar surface area (TPSA) is 29.1 Å². The van der Waals surface area contributed by atoms with Crippen LogP contribution in [0.4, 0.5) is 17.6 Å². The lowest BCUT2D eigenvalue weighted by Crippen LogP contribution is -2.25. The number of nitrogens with one attached hydrogen (secondary N) is 1. The number of amides is 1. The number of halogens is 4. The van der Waals surface area contributed by atoms with Crippen LogP contribution in [-0.4, -0.2) is 24.5 Å². The molecule has 2 nitrogen and oxygen atoms in total. The number of benzene rings is 1. The predicted molar refractivity (Wildman–Crippen MR) is 76.0 cm³/mol. The van der Waals surface area contributed by atoms with Crippen molar-refractivity contribution in [2.24, 2.45) is 0 Å². The molecule has 1 amide bonds. The summed E-state index contributed by atoms with van der Waals surface area (Å²) in [5.41, 5.74) is -1.61. The molecule has 0 atom stereocenters. The van der Waals surface area contributed by atoms with E-state index in [1.807, 2.05) is 6.26 Å². The molecule has 0 saturated carbocycles. The molecule has 0 aliphatic heterocycles. The number of unbranched alkanes of at least 4 members (excludes halogenated alkanes) is 2. The third kappa shape index (κ3) is 5.95. The second kappa shape index (κ2) is 8.26. The van der Waals surface area contributed by atoms with Gasteiger partial charge < -0.3 is 5.32 Å². The van der Waals surface area contributed by atoms with Gasteiger partial charge in [0.2, 0.25) is 0 Å². The highest BCUT2D eigenvalue weighted by Crippen LogP contribution is 2.31. The quantitative estimate of drug-likeness (QED) is 0.604. The molecule has 0 radical (unpaired) electrons. The van der Waals surface area contributed by atoms with E-state index >= 15 is 0 Å². The Morgan fingerprint density at radius 3 is 2.57 bits per heavy atom. The minimum absolute atomic E-state index is 0.187. The lowest BCUT2D eigenvalue weighted by atomic mass is 10.1. The molecule has 0 saturated heterocycles. The van der Waals surface area contributed by atoms with Gasteiger partial charge in [0.15, 0.2) is 0 Å². The lowest BCUT2D eigenvalue weighted by Gasteiger charge is -2.10. The average Bonchev–Trinajstić information content (AvgIpc) is 2.41. The molecule has 0 fully saturated rings. The summed E-state index contributed by atoms with van der Waals surface area (Å²) in [5, 5.41) is 2.54. The van der Waals surface area contributed by atoms with Gasteiger partial charge in [-0.1, -0.05) is 6.42 Å². The van der Waals surface area contributed by atoms with Crippen molar-refractivity contribution in [3.8, 4) is 0 Å². The fourth-order valence-corrected chi connectivity index (χ4v) is 2.23. The SMILES string of the molecule is CSCCCCCNC(=O)c1ccc(F)c(C(F)(F)F)c1. The Balaban J connectivity index is 2.55. The first kappa shape index (κ1) is 17.8. The first-order chi connectivity index (χ1) is 9.86. The van der Waals surface area contributed by atoms with Crippen LogP contribution in [0, 0.1) is 5.82 Å². The van der Waals surface area contributed by atoms with Crippen molar-refractivity contribution in [2.75, 3.05) is 18.6 Å². The lowest BCUT2D eigenvalue weighted by molar-refractivity contribution is -0.140. The molecule has 0 aliphatic rings. The molecule has 1 rings (SSSR count).